The van der Waals surface area contributed by atoms with Gasteiger partial charge in [-0.1, -0.05) is 146 Å². The van der Waals surface area contributed by atoms with Gasteiger partial charge in [-0.15, -0.1) is 0 Å². The predicted molar refractivity (Wildman–Crippen MR) is 205 cm³/mol. The topological polar surface area (TPSA) is 9.23 Å². The fourth-order valence-electron chi connectivity index (χ4n) is 8.76. The molecule has 0 N–H and O–H groups in total. The average molecular weight is 623 g/mol. The van der Waals surface area contributed by atoms with E-state index in [-0.39, 0.29) is 5.92 Å². The summed E-state index contributed by atoms with van der Waals surface area (Å²) in [4.78, 5) is 0. The van der Waals surface area contributed by atoms with Crippen LogP contribution in [0.4, 0.5) is 0 Å². The van der Waals surface area contributed by atoms with Crippen molar-refractivity contribution in [1.29, 1.82) is 0 Å². The molecule has 3 aliphatic carbocycles. The highest BCUT2D eigenvalue weighted by molar-refractivity contribution is 6.10. The third kappa shape index (κ3) is 3.93. The van der Waals surface area contributed by atoms with Crippen molar-refractivity contribution in [3.63, 3.8) is 0 Å². The summed E-state index contributed by atoms with van der Waals surface area (Å²) in [6.45, 7) is 0. The summed E-state index contributed by atoms with van der Waals surface area (Å²) in [6, 6.07) is 48.5. The van der Waals surface area contributed by atoms with Crippen molar-refractivity contribution < 1.29 is 4.74 Å². The molecule has 7 aromatic carbocycles. The van der Waals surface area contributed by atoms with Crippen LogP contribution in [0.1, 0.15) is 28.2 Å². The van der Waals surface area contributed by atoms with Gasteiger partial charge in [0.05, 0.1) is 0 Å². The first-order chi connectivity index (χ1) is 24.3. The second kappa shape index (κ2) is 10.2. The summed E-state index contributed by atoms with van der Waals surface area (Å²) >= 11 is 0. The summed E-state index contributed by atoms with van der Waals surface area (Å²) in [5, 5.41) is 4.95. The predicted octanol–water partition coefficient (Wildman–Crippen LogP) is 12.9. The third-order valence-corrected chi connectivity index (χ3v) is 11.0. The lowest BCUT2D eigenvalue weighted by molar-refractivity contribution is 0.487. The Morgan fingerprint density at radius 3 is 2.22 bits per heavy atom. The summed E-state index contributed by atoms with van der Waals surface area (Å²) in [5.74, 6) is 2.44. The van der Waals surface area contributed by atoms with Crippen LogP contribution in [0.5, 0.6) is 11.5 Å². The number of allylic oxidation sites excluding steroid dienone is 6. The molecule has 0 fully saturated rings. The molecule has 0 spiro atoms. The van der Waals surface area contributed by atoms with Crippen molar-refractivity contribution in [2.45, 2.75) is 5.92 Å². The van der Waals surface area contributed by atoms with Gasteiger partial charge in [-0.25, -0.2) is 0 Å². The highest BCUT2D eigenvalue weighted by Crippen LogP contribution is 2.54. The van der Waals surface area contributed by atoms with Gasteiger partial charge in [0, 0.05) is 22.8 Å². The maximum absolute atomic E-state index is 6.60. The van der Waals surface area contributed by atoms with Crippen molar-refractivity contribution in [2.75, 3.05) is 0 Å². The van der Waals surface area contributed by atoms with Gasteiger partial charge in [-0.2, -0.15) is 0 Å². The first kappa shape index (κ1) is 26.8. The van der Waals surface area contributed by atoms with E-state index in [2.05, 4.69) is 170 Å². The Morgan fingerprint density at radius 1 is 0.469 bits per heavy atom. The van der Waals surface area contributed by atoms with Crippen LogP contribution in [0.3, 0.4) is 0 Å². The van der Waals surface area contributed by atoms with Gasteiger partial charge < -0.3 is 4.74 Å². The van der Waals surface area contributed by atoms with E-state index in [1.807, 2.05) is 0 Å². The molecule has 0 saturated carbocycles. The molecule has 0 saturated heterocycles. The first-order valence-corrected chi connectivity index (χ1v) is 17.2. The van der Waals surface area contributed by atoms with E-state index in [1.54, 1.807) is 0 Å². The molecule has 7 aromatic rings. The van der Waals surface area contributed by atoms with E-state index >= 15 is 0 Å². The normalized spacial score (nSPS) is 17.6. The maximum Gasteiger partial charge on any atom is 0.135 e. The SMILES string of the molecule is C1=CC2C=Cc3c(-c4ccc5ccccc5c4)ccc4c3C2C(=C1c1ccc2c(c1)-c1cccc3c(-c5ccccc5)ccc(c13)O2)C=C4. The van der Waals surface area contributed by atoms with Gasteiger partial charge in [-0.3, -0.25) is 0 Å². The quantitative estimate of drug-likeness (QED) is 0.190. The molecule has 1 nitrogen and oxygen atoms in total. The van der Waals surface area contributed by atoms with Crippen molar-refractivity contribution in [2.24, 2.45) is 5.92 Å². The Morgan fingerprint density at radius 2 is 1.29 bits per heavy atom. The summed E-state index contributed by atoms with van der Waals surface area (Å²) in [5.41, 5.74) is 15.4. The number of benzene rings is 7. The van der Waals surface area contributed by atoms with E-state index in [1.165, 1.54) is 82.8 Å². The zero-order valence-corrected chi connectivity index (χ0v) is 26.7. The number of rotatable bonds is 3. The molecular weight excluding hydrogens is 593 g/mol. The second-order valence-corrected chi connectivity index (χ2v) is 13.6. The smallest absolute Gasteiger partial charge is 0.135 e. The number of ether oxygens (including phenoxy) is 1. The minimum Gasteiger partial charge on any atom is -0.456 e. The number of fused-ring (bicyclic) bond motifs is 3. The zero-order valence-electron chi connectivity index (χ0n) is 26.7. The van der Waals surface area contributed by atoms with Crippen LogP contribution in [0.25, 0.3) is 72.7 Å². The minimum absolute atomic E-state index is 0.283. The lowest BCUT2D eigenvalue weighted by Gasteiger charge is -2.37. The highest BCUT2D eigenvalue weighted by Gasteiger charge is 2.36. The van der Waals surface area contributed by atoms with Crippen LogP contribution in [0, 0.1) is 5.92 Å². The highest BCUT2D eigenvalue weighted by atomic mass is 16.5. The van der Waals surface area contributed by atoms with Gasteiger partial charge in [0.1, 0.15) is 11.5 Å². The van der Waals surface area contributed by atoms with Crippen molar-refractivity contribution >= 4 is 39.3 Å². The molecule has 11 rings (SSSR count). The van der Waals surface area contributed by atoms with Crippen LogP contribution in [0.2, 0.25) is 0 Å². The molecule has 228 valence electrons. The van der Waals surface area contributed by atoms with Crippen molar-refractivity contribution in [3.05, 3.63) is 186 Å². The molecule has 1 aliphatic heterocycles. The van der Waals surface area contributed by atoms with Gasteiger partial charge >= 0.3 is 0 Å². The number of hydrogen-bond acceptors (Lipinski definition) is 1. The summed E-state index contributed by atoms with van der Waals surface area (Å²) in [7, 11) is 0. The van der Waals surface area contributed by atoms with E-state index in [9.17, 15) is 0 Å². The molecule has 49 heavy (non-hydrogen) atoms. The van der Waals surface area contributed by atoms with E-state index < -0.39 is 0 Å². The number of hydrogen-bond donors (Lipinski definition) is 0. The maximum atomic E-state index is 6.60. The first-order valence-electron chi connectivity index (χ1n) is 17.2. The van der Waals surface area contributed by atoms with Crippen molar-refractivity contribution in [1.82, 2.24) is 0 Å². The van der Waals surface area contributed by atoms with Gasteiger partial charge in [0.25, 0.3) is 0 Å². The summed E-state index contributed by atoms with van der Waals surface area (Å²) < 4.78 is 6.60. The van der Waals surface area contributed by atoms with Gasteiger partial charge in [-0.05, 0) is 102 Å². The molecule has 1 heterocycles. The molecule has 0 amide bonds. The lowest BCUT2D eigenvalue weighted by atomic mass is 9.66. The molecule has 2 atom stereocenters. The minimum atomic E-state index is 0.283. The Bertz CT molecular complexity index is 2680. The van der Waals surface area contributed by atoms with E-state index in [4.69, 9.17) is 4.74 Å². The van der Waals surface area contributed by atoms with Crippen LogP contribution in [-0.4, -0.2) is 0 Å². The molecule has 2 unspecified atom stereocenters. The second-order valence-electron chi connectivity index (χ2n) is 13.6. The molecule has 0 bridgehead atoms. The van der Waals surface area contributed by atoms with E-state index in [0.717, 1.165) is 17.1 Å². The standard InChI is InChI=1S/C48H30O/c1-2-8-30(9-3-1)36-24-26-45-48-39(36)11-6-12-40(48)43-28-35(19-25-44(43)49-45)38-21-16-32-17-22-41-37(20-15-31-18-23-42(38)47(32)46(31)41)34-14-13-29-7-4-5-10-33(29)27-34/h1-28,32,47H. The van der Waals surface area contributed by atoms with Crippen LogP contribution in [0.15, 0.2) is 163 Å². The Labute approximate surface area is 285 Å². The van der Waals surface area contributed by atoms with Gasteiger partial charge in [0.15, 0.2) is 0 Å². The van der Waals surface area contributed by atoms with E-state index in [0.29, 0.717) is 5.92 Å². The Hall–Kier alpha value is -6.18. The largest absolute Gasteiger partial charge is 0.456 e. The fraction of sp³-hybridized carbons (Fsp3) is 0.0417. The molecular formula is C48H30O. The van der Waals surface area contributed by atoms with Crippen LogP contribution < -0.4 is 4.74 Å². The Balaban J connectivity index is 1.05. The van der Waals surface area contributed by atoms with Crippen LogP contribution in [-0.2, 0) is 0 Å². The summed E-state index contributed by atoms with van der Waals surface area (Å²) in [6.07, 6.45) is 14.2. The average Bonchev–Trinajstić information content (AvgIpc) is 3.17. The third-order valence-electron chi connectivity index (χ3n) is 11.0. The molecule has 0 radical (unpaired) electrons. The molecule has 0 aromatic heterocycles. The monoisotopic (exact) mass is 622 g/mol. The fourth-order valence-corrected chi connectivity index (χ4v) is 8.76. The van der Waals surface area contributed by atoms with Crippen molar-refractivity contribution in [3.8, 4) is 44.9 Å². The van der Waals surface area contributed by atoms with Gasteiger partial charge in [0.2, 0.25) is 0 Å². The molecule has 1 heteroatoms. The van der Waals surface area contributed by atoms with Crippen LogP contribution >= 0.6 is 0 Å². The Kier molecular flexibility index (Phi) is 5.57. The lowest BCUT2D eigenvalue weighted by Crippen LogP contribution is -2.22. The molecule has 4 aliphatic rings. The zero-order chi connectivity index (χ0) is 32.1.